The van der Waals surface area contributed by atoms with E-state index in [0.717, 1.165) is 31.2 Å². The number of nitrogens with zero attached hydrogens (tertiary/aromatic N) is 4. The number of aromatic nitrogens is 3. The van der Waals surface area contributed by atoms with Gasteiger partial charge in [-0.15, -0.1) is 0 Å². The average Bonchev–Trinajstić information content (AvgIpc) is 3.37. The van der Waals surface area contributed by atoms with Gasteiger partial charge >= 0.3 is 0 Å². The van der Waals surface area contributed by atoms with Crippen molar-refractivity contribution in [3.05, 3.63) is 53.1 Å². The van der Waals surface area contributed by atoms with Gasteiger partial charge in [-0.05, 0) is 33.0 Å². The number of benzene rings is 1. The van der Waals surface area contributed by atoms with Crippen molar-refractivity contribution in [2.45, 2.75) is 50.9 Å². The predicted octanol–water partition coefficient (Wildman–Crippen LogP) is 4.03. The van der Waals surface area contributed by atoms with E-state index in [1.54, 1.807) is 38.3 Å². The van der Waals surface area contributed by atoms with Crippen molar-refractivity contribution in [3.63, 3.8) is 0 Å². The Hall–Kier alpha value is -3.50. The molecule has 10 heteroatoms. The number of likely N-dealkylation sites (N-methyl/N-ethyl adjacent to an activating group) is 1. The number of pyridine rings is 1. The molecule has 38 heavy (non-hydrogen) atoms. The molecule has 9 nitrogen and oxygen atoms in total. The number of hydrogen-bond acceptors (Lipinski definition) is 8. The number of methoxy groups -OCH3 is 2. The maximum atomic E-state index is 16.2. The van der Waals surface area contributed by atoms with Crippen LogP contribution in [0.3, 0.4) is 0 Å². The zero-order chi connectivity index (χ0) is 27.2. The van der Waals surface area contributed by atoms with Gasteiger partial charge in [-0.3, -0.25) is 14.4 Å². The van der Waals surface area contributed by atoms with Crippen molar-refractivity contribution in [3.8, 4) is 22.8 Å². The van der Waals surface area contributed by atoms with Crippen LogP contribution in [0.5, 0.6) is 11.5 Å². The summed E-state index contributed by atoms with van der Waals surface area (Å²) < 4.78 is 28.6. The molecule has 1 aromatic carbocycles. The molecule has 1 fully saturated rings. The molecule has 2 heterocycles. The van der Waals surface area contributed by atoms with E-state index in [0.29, 0.717) is 41.2 Å². The van der Waals surface area contributed by atoms with Crippen LogP contribution >= 0.6 is 0 Å². The van der Waals surface area contributed by atoms with Crippen LogP contribution in [0.2, 0.25) is 0 Å². The minimum atomic E-state index is -0.506. The molecule has 1 saturated carbocycles. The third-order valence-corrected chi connectivity index (χ3v) is 7.19. The van der Waals surface area contributed by atoms with Crippen molar-refractivity contribution in [2.75, 3.05) is 33.6 Å². The molecule has 0 bridgehead atoms. The maximum Gasteiger partial charge on any atom is 0.170 e. The maximum absolute atomic E-state index is 16.2. The second-order valence-electron chi connectivity index (χ2n) is 9.82. The summed E-state index contributed by atoms with van der Waals surface area (Å²) in [4.78, 5) is 19.0. The van der Waals surface area contributed by atoms with Gasteiger partial charge in [-0.2, -0.15) is 5.10 Å². The lowest BCUT2D eigenvalue weighted by atomic mass is 9.90. The van der Waals surface area contributed by atoms with E-state index in [-0.39, 0.29) is 30.0 Å². The van der Waals surface area contributed by atoms with Crippen LogP contribution in [-0.4, -0.2) is 66.3 Å². The molecule has 1 aliphatic rings. The van der Waals surface area contributed by atoms with Crippen LogP contribution in [0.15, 0.2) is 30.6 Å². The monoisotopic (exact) mass is 524 g/mol. The van der Waals surface area contributed by atoms with Gasteiger partial charge < -0.3 is 20.1 Å². The molecule has 0 unspecified atom stereocenters. The molecule has 2 atom stereocenters. The van der Waals surface area contributed by atoms with E-state index >= 15 is 4.39 Å². The summed E-state index contributed by atoms with van der Waals surface area (Å²) in [5.74, 6) is 1.02. The summed E-state index contributed by atoms with van der Waals surface area (Å²) in [6.45, 7) is 0.669. The number of carbonyl (C=O) groups excluding carboxylic acids is 1. The molecule has 0 aliphatic heterocycles. The number of aryl methyl sites for hydroxylation is 1. The number of nitrogens with one attached hydrogen (secondary N) is 2. The SMILES string of the molecule is CN[C@H]1CCCC[C@H]1Nc1nc(-c2cnn(C)c2)c(C=O)c(CN(C)Cc2ccc(OC)cc2OC)c1F. The molecule has 204 valence electrons. The third kappa shape index (κ3) is 5.97. The van der Waals surface area contributed by atoms with E-state index in [2.05, 4.69) is 20.7 Å². The van der Waals surface area contributed by atoms with E-state index in [9.17, 15) is 4.79 Å². The lowest BCUT2D eigenvalue weighted by Gasteiger charge is -2.33. The van der Waals surface area contributed by atoms with Gasteiger partial charge in [0.2, 0.25) is 0 Å². The first-order valence-corrected chi connectivity index (χ1v) is 12.9. The van der Waals surface area contributed by atoms with Gasteiger partial charge in [0.1, 0.15) is 11.5 Å². The zero-order valence-electron chi connectivity index (χ0n) is 22.8. The summed E-state index contributed by atoms with van der Waals surface area (Å²) in [5.41, 5.74) is 2.51. The fourth-order valence-corrected chi connectivity index (χ4v) is 5.19. The molecule has 0 radical (unpaired) electrons. The second kappa shape index (κ2) is 12.4. The van der Waals surface area contributed by atoms with Crippen molar-refractivity contribution < 1.29 is 18.7 Å². The first-order chi connectivity index (χ1) is 18.4. The van der Waals surface area contributed by atoms with E-state index in [1.807, 2.05) is 37.2 Å². The van der Waals surface area contributed by atoms with Gasteiger partial charge in [0.25, 0.3) is 0 Å². The zero-order valence-corrected chi connectivity index (χ0v) is 22.8. The van der Waals surface area contributed by atoms with Crippen molar-refractivity contribution in [2.24, 2.45) is 7.05 Å². The van der Waals surface area contributed by atoms with E-state index in [1.165, 1.54) is 0 Å². The molecule has 3 aromatic rings. The van der Waals surface area contributed by atoms with Gasteiger partial charge in [-0.1, -0.05) is 18.9 Å². The largest absolute Gasteiger partial charge is 0.497 e. The number of anilines is 1. The Labute approximate surface area is 223 Å². The van der Waals surface area contributed by atoms with Crippen LogP contribution in [0.1, 0.15) is 47.2 Å². The molecule has 0 spiro atoms. The highest BCUT2D eigenvalue weighted by molar-refractivity contribution is 5.88. The Morgan fingerprint density at radius 3 is 2.58 bits per heavy atom. The number of hydrogen-bond donors (Lipinski definition) is 2. The highest BCUT2D eigenvalue weighted by atomic mass is 19.1. The molecular formula is C28H37FN6O3. The van der Waals surface area contributed by atoms with E-state index < -0.39 is 5.82 Å². The minimum Gasteiger partial charge on any atom is -0.497 e. The molecule has 2 aromatic heterocycles. The average molecular weight is 525 g/mol. The summed E-state index contributed by atoms with van der Waals surface area (Å²) in [5, 5.41) is 11.0. The fraction of sp³-hybridized carbons (Fsp3) is 0.464. The lowest BCUT2D eigenvalue weighted by Crippen LogP contribution is -2.45. The quantitative estimate of drug-likeness (QED) is 0.363. The summed E-state index contributed by atoms with van der Waals surface area (Å²) >= 11 is 0. The molecule has 1 aliphatic carbocycles. The highest BCUT2D eigenvalue weighted by Crippen LogP contribution is 2.32. The molecule has 0 saturated heterocycles. The van der Waals surface area contributed by atoms with Crippen molar-refractivity contribution >= 4 is 12.1 Å². The normalized spacial score (nSPS) is 17.4. The molecule has 4 rings (SSSR count). The van der Waals surface area contributed by atoms with Crippen LogP contribution in [0.4, 0.5) is 10.2 Å². The Kier molecular flexibility index (Phi) is 8.96. The molecule has 0 amide bonds. The first kappa shape index (κ1) is 27.5. The number of ether oxygens (including phenoxy) is 2. The third-order valence-electron chi connectivity index (χ3n) is 7.19. The Morgan fingerprint density at radius 2 is 1.95 bits per heavy atom. The van der Waals surface area contributed by atoms with Gasteiger partial charge in [0.15, 0.2) is 17.9 Å². The summed E-state index contributed by atoms with van der Waals surface area (Å²) in [6.07, 6.45) is 8.24. The van der Waals surface area contributed by atoms with Crippen molar-refractivity contribution in [1.29, 1.82) is 0 Å². The topological polar surface area (TPSA) is 93.5 Å². The highest BCUT2D eigenvalue weighted by Gasteiger charge is 2.28. The standard InChI is InChI=1S/C28H37FN6O3/c1-30-23-8-6-7-9-24(23)32-28-26(29)21(22(17-36)27(33-28)19-13-31-35(3)15-19)16-34(2)14-18-10-11-20(37-4)12-25(18)38-5/h10-13,15,17,23-24,30H,6-9,14,16H2,1-5H3,(H,32,33)/t23-,24+/m0/s1. The number of carbonyl (C=O) groups is 1. The first-order valence-electron chi connectivity index (χ1n) is 12.9. The van der Waals surface area contributed by atoms with Gasteiger partial charge in [0, 0.05) is 66.7 Å². The van der Waals surface area contributed by atoms with Crippen LogP contribution in [0.25, 0.3) is 11.3 Å². The second-order valence-corrected chi connectivity index (χ2v) is 9.82. The van der Waals surface area contributed by atoms with Crippen LogP contribution < -0.4 is 20.1 Å². The predicted molar refractivity (Wildman–Crippen MR) is 145 cm³/mol. The summed E-state index contributed by atoms with van der Waals surface area (Å²) in [6, 6.07) is 5.85. The van der Waals surface area contributed by atoms with E-state index in [4.69, 9.17) is 9.47 Å². The Morgan fingerprint density at radius 1 is 1.18 bits per heavy atom. The van der Waals surface area contributed by atoms with Crippen LogP contribution in [-0.2, 0) is 20.1 Å². The van der Waals surface area contributed by atoms with Gasteiger partial charge in [0.05, 0.1) is 26.1 Å². The molecule has 2 N–H and O–H groups in total. The summed E-state index contributed by atoms with van der Waals surface area (Å²) in [7, 11) is 8.81. The minimum absolute atomic E-state index is 0.0359. The number of rotatable bonds is 11. The fourth-order valence-electron chi connectivity index (χ4n) is 5.19. The van der Waals surface area contributed by atoms with Crippen molar-refractivity contribution in [1.82, 2.24) is 25.0 Å². The number of halogens is 1. The van der Waals surface area contributed by atoms with Gasteiger partial charge in [-0.25, -0.2) is 9.37 Å². The Balaban J connectivity index is 1.71. The smallest absolute Gasteiger partial charge is 0.170 e. The molecular weight excluding hydrogens is 487 g/mol. The lowest BCUT2D eigenvalue weighted by molar-refractivity contribution is 0.112. The number of aldehydes is 1. The Bertz CT molecular complexity index is 1260. The van der Waals surface area contributed by atoms with Crippen LogP contribution in [0, 0.1) is 5.82 Å².